The van der Waals surface area contributed by atoms with Crippen molar-refractivity contribution in [3.8, 4) is 0 Å². The third-order valence-corrected chi connectivity index (χ3v) is 2.63. The minimum Gasteiger partial charge on any atom is -0.347 e. The lowest BCUT2D eigenvalue weighted by Gasteiger charge is -2.06. The Labute approximate surface area is 102 Å². The second kappa shape index (κ2) is 5.33. The van der Waals surface area contributed by atoms with Gasteiger partial charge in [0.15, 0.2) is 0 Å². The molecule has 0 fully saturated rings. The van der Waals surface area contributed by atoms with Gasteiger partial charge < -0.3 is 5.32 Å². The van der Waals surface area contributed by atoms with E-state index in [9.17, 15) is 4.79 Å². The SMILES string of the molecule is C=C(Cl)CNC(=O)c1cc(C)ccc1Br. The van der Waals surface area contributed by atoms with Gasteiger partial charge in [0.25, 0.3) is 5.91 Å². The van der Waals surface area contributed by atoms with Crippen LogP contribution < -0.4 is 5.32 Å². The molecular weight excluding hydrogens is 277 g/mol. The molecule has 1 amide bonds. The lowest BCUT2D eigenvalue weighted by atomic mass is 10.1. The van der Waals surface area contributed by atoms with Crippen LogP contribution in [0.3, 0.4) is 0 Å². The molecular formula is C11H11BrClNO. The topological polar surface area (TPSA) is 29.1 Å². The summed E-state index contributed by atoms with van der Waals surface area (Å²) >= 11 is 8.88. The Bertz CT molecular complexity index is 404. The molecule has 0 saturated carbocycles. The summed E-state index contributed by atoms with van der Waals surface area (Å²) in [6, 6.07) is 5.59. The van der Waals surface area contributed by atoms with Crippen molar-refractivity contribution in [2.75, 3.05) is 6.54 Å². The Morgan fingerprint density at radius 3 is 2.87 bits per heavy atom. The number of halogens is 2. The first-order valence-electron chi connectivity index (χ1n) is 4.38. The normalized spacial score (nSPS) is 9.80. The molecule has 80 valence electrons. The smallest absolute Gasteiger partial charge is 0.252 e. The first-order valence-corrected chi connectivity index (χ1v) is 5.55. The Morgan fingerprint density at radius 1 is 1.60 bits per heavy atom. The minimum absolute atomic E-state index is 0.160. The van der Waals surface area contributed by atoms with Crippen molar-refractivity contribution < 1.29 is 4.79 Å². The number of benzene rings is 1. The number of carbonyl (C=O) groups is 1. The first kappa shape index (κ1) is 12.3. The van der Waals surface area contributed by atoms with Gasteiger partial charge >= 0.3 is 0 Å². The number of hydrogen-bond acceptors (Lipinski definition) is 1. The monoisotopic (exact) mass is 287 g/mol. The van der Waals surface area contributed by atoms with Gasteiger partial charge in [-0.25, -0.2) is 0 Å². The highest BCUT2D eigenvalue weighted by atomic mass is 79.9. The van der Waals surface area contributed by atoms with Crippen LogP contribution in [0.2, 0.25) is 0 Å². The maximum atomic E-state index is 11.7. The van der Waals surface area contributed by atoms with E-state index < -0.39 is 0 Å². The van der Waals surface area contributed by atoms with E-state index in [1.807, 2.05) is 25.1 Å². The molecule has 0 aliphatic rings. The van der Waals surface area contributed by atoms with E-state index in [1.165, 1.54) is 0 Å². The second-order valence-corrected chi connectivity index (χ2v) is 4.57. The quantitative estimate of drug-likeness (QED) is 0.909. The molecule has 1 rings (SSSR count). The Hall–Kier alpha value is -0.800. The van der Waals surface area contributed by atoms with Gasteiger partial charge in [0.2, 0.25) is 0 Å². The molecule has 0 aliphatic carbocycles. The second-order valence-electron chi connectivity index (χ2n) is 3.18. The summed E-state index contributed by atoms with van der Waals surface area (Å²) in [5.74, 6) is -0.160. The summed E-state index contributed by atoms with van der Waals surface area (Å²) in [6.45, 7) is 5.71. The molecule has 0 atom stereocenters. The van der Waals surface area contributed by atoms with E-state index in [-0.39, 0.29) is 12.5 Å². The standard InChI is InChI=1S/C11H11BrClNO/c1-7-3-4-10(12)9(5-7)11(15)14-6-8(2)13/h3-5H,2,6H2,1H3,(H,14,15). The highest BCUT2D eigenvalue weighted by Crippen LogP contribution is 2.17. The summed E-state index contributed by atoms with van der Waals surface area (Å²) in [6.07, 6.45) is 0. The summed E-state index contributed by atoms with van der Waals surface area (Å²) < 4.78 is 0.769. The molecule has 0 heterocycles. The van der Waals surface area contributed by atoms with Crippen LogP contribution in [0.15, 0.2) is 34.3 Å². The van der Waals surface area contributed by atoms with Gasteiger partial charge in [0.1, 0.15) is 0 Å². The molecule has 0 saturated heterocycles. The summed E-state index contributed by atoms with van der Waals surface area (Å²) in [5.41, 5.74) is 1.64. The van der Waals surface area contributed by atoms with Gasteiger partial charge in [-0.05, 0) is 35.0 Å². The van der Waals surface area contributed by atoms with Crippen molar-refractivity contribution in [1.82, 2.24) is 5.32 Å². The molecule has 0 aliphatic heterocycles. The molecule has 1 N–H and O–H groups in total. The predicted molar refractivity (Wildman–Crippen MR) is 66.2 cm³/mol. The van der Waals surface area contributed by atoms with E-state index >= 15 is 0 Å². The largest absolute Gasteiger partial charge is 0.347 e. The van der Waals surface area contributed by atoms with Gasteiger partial charge in [-0.1, -0.05) is 29.8 Å². The summed E-state index contributed by atoms with van der Waals surface area (Å²) in [7, 11) is 0. The lowest BCUT2D eigenvalue weighted by molar-refractivity contribution is 0.0957. The van der Waals surface area contributed by atoms with Crippen LogP contribution >= 0.6 is 27.5 Å². The molecule has 2 nitrogen and oxygen atoms in total. The van der Waals surface area contributed by atoms with Crippen LogP contribution in [0.25, 0.3) is 0 Å². The summed E-state index contributed by atoms with van der Waals surface area (Å²) in [4.78, 5) is 11.7. The Kier molecular flexibility index (Phi) is 4.36. The van der Waals surface area contributed by atoms with E-state index in [0.29, 0.717) is 10.6 Å². The average Bonchev–Trinajstić information content (AvgIpc) is 2.18. The van der Waals surface area contributed by atoms with E-state index in [2.05, 4.69) is 27.8 Å². The van der Waals surface area contributed by atoms with E-state index in [1.54, 1.807) is 0 Å². The van der Waals surface area contributed by atoms with E-state index in [4.69, 9.17) is 11.6 Å². The molecule has 0 bridgehead atoms. The van der Waals surface area contributed by atoms with Crippen molar-refractivity contribution in [1.29, 1.82) is 0 Å². The molecule has 0 unspecified atom stereocenters. The van der Waals surface area contributed by atoms with Crippen LogP contribution in [-0.2, 0) is 0 Å². The van der Waals surface area contributed by atoms with Crippen molar-refractivity contribution in [3.63, 3.8) is 0 Å². The van der Waals surface area contributed by atoms with Gasteiger partial charge in [-0.3, -0.25) is 4.79 Å². The van der Waals surface area contributed by atoms with Crippen molar-refractivity contribution in [3.05, 3.63) is 45.4 Å². The molecule has 1 aromatic rings. The third kappa shape index (κ3) is 3.68. The predicted octanol–water partition coefficient (Wildman–Crippen LogP) is 3.24. The Morgan fingerprint density at radius 2 is 2.27 bits per heavy atom. The zero-order chi connectivity index (χ0) is 11.4. The van der Waals surface area contributed by atoms with Crippen LogP contribution in [-0.4, -0.2) is 12.5 Å². The van der Waals surface area contributed by atoms with Gasteiger partial charge in [-0.2, -0.15) is 0 Å². The minimum atomic E-state index is -0.160. The molecule has 15 heavy (non-hydrogen) atoms. The maximum Gasteiger partial charge on any atom is 0.252 e. The lowest BCUT2D eigenvalue weighted by Crippen LogP contribution is -2.24. The van der Waals surface area contributed by atoms with Crippen molar-refractivity contribution in [2.45, 2.75) is 6.92 Å². The average molecular weight is 289 g/mol. The van der Waals surface area contributed by atoms with Crippen LogP contribution in [0.4, 0.5) is 0 Å². The molecule has 0 radical (unpaired) electrons. The molecule has 0 aromatic heterocycles. The van der Waals surface area contributed by atoms with Gasteiger partial charge in [0, 0.05) is 9.51 Å². The number of nitrogens with one attached hydrogen (secondary N) is 1. The number of rotatable bonds is 3. The number of carbonyl (C=O) groups excluding carboxylic acids is 1. The van der Waals surface area contributed by atoms with Crippen LogP contribution in [0.1, 0.15) is 15.9 Å². The number of hydrogen-bond donors (Lipinski definition) is 1. The van der Waals surface area contributed by atoms with Crippen LogP contribution in [0.5, 0.6) is 0 Å². The van der Waals surface area contributed by atoms with Gasteiger partial charge in [0.05, 0.1) is 12.1 Å². The fourth-order valence-corrected chi connectivity index (χ4v) is 1.58. The number of amides is 1. The molecule has 1 aromatic carbocycles. The Balaban J connectivity index is 2.81. The zero-order valence-corrected chi connectivity index (χ0v) is 10.7. The third-order valence-electron chi connectivity index (χ3n) is 1.81. The summed E-state index contributed by atoms with van der Waals surface area (Å²) in [5, 5.41) is 3.08. The first-order chi connectivity index (χ1) is 7.00. The highest BCUT2D eigenvalue weighted by Gasteiger charge is 2.09. The maximum absolute atomic E-state index is 11.7. The number of aryl methyl sites for hydroxylation is 1. The highest BCUT2D eigenvalue weighted by molar-refractivity contribution is 9.10. The van der Waals surface area contributed by atoms with E-state index in [0.717, 1.165) is 10.0 Å². The zero-order valence-electron chi connectivity index (χ0n) is 8.31. The fraction of sp³-hybridized carbons (Fsp3) is 0.182. The van der Waals surface area contributed by atoms with Crippen LogP contribution in [0, 0.1) is 6.92 Å². The fourth-order valence-electron chi connectivity index (χ4n) is 1.08. The van der Waals surface area contributed by atoms with Gasteiger partial charge in [-0.15, -0.1) is 0 Å². The molecule has 4 heteroatoms. The van der Waals surface area contributed by atoms with Crippen molar-refractivity contribution in [2.24, 2.45) is 0 Å². The van der Waals surface area contributed by atoms with Crippen molar-refractivity contribution >= 4 is 33.4 Å². The molecule has 0 spiro atoms.